The van der Waals surface area contributed by atoms with Crippen LogP contribution in [0, 0.1) is 20.2 Å². The zero-order valence-corrected chi connectivity index (χ0v) is 17.4. The lowest BCUT2D eigenvalue weighted by molar-refractivity contribution is -0.385. The standard InChI is InChI=1S/C23H16N4O7/c28-21(24-15-7-11-17(12-8-15)27(33)34)20(13-14-5-9-16(10-6-14)26(31)32)25-22(29)18-3-1-2-4-19(18)23(25)30/h1-12,20H,13H2,(H,24,28). The largest absolute Gasteiger partial charge is 0.324 e. The van der Waals surface area contributed by atoms with Gasteiger partial charge in [-0.3, -0.25) is 39.5 Å². The van der Waals surface area contributed by atoms with Gasteiger partial charge in [-0.1, -0.05) is 24.3 Å². The van der Waals surface area contributed by atoms with E-state index in [9.17, 15) is 34.6 Å². The van der Waals surface area contributed by atoms with Crippen molar-refractivity contribution in [2.75, 3.05) is 5.32 Å². The maximum Gasteiger partial charge on any atom is 0.269 e. The summed E-state index contributed by atoms with van der Waals surface area (Å²) < 4.78 is 0. The van der Waals surface area contributed by atoms with Crippen LogP contribution in [0.5, 0.6) is 0 Å². The Bertz CT molecular complexity index is 1280. The topological polar surface area (TPSA) is 153 Å². The van der Waals surface area contributed by atoms with E-state index in [0.29, 0.717) is 5.56 Å². The van der Waals surface area contributed by atoms with Crippen LogP contribution in [0.15, 0.2) is 72.8 Å². The Kier molecular flexibility index (Phi) is 5.83. The molecular weight excluding hydrogens is 444 g/mol. The van der Waals surface area contributed by atoms with Crippen LogP contribution < -0.4 is 5.32 Å². The van der Waals surface area contributed by atoms with Gasteiger partial charge in [0.25, 0.3) is 23.2 Å². The normalized spacial score (nSPS) is 13.4. The zero-order valence-electron chi connectivity index (χ0n) is 17.4. The van der Waals surface area contributed by atoms with E-state index in [1.54, 1.807) is 12.1 Å². The summed E-state index contributed by atoms with van der Waals surface area (Å²) >= 11 is 0. The van der Waals surface area contributed by atoms with Crippen LogP contribution in [0.25, 0.3) is 0 Å². The van der Waals surface area contributed by atoms with E-state index in [4.69, 9.17) is 0 Å². The molecule has 0 saturated heterocycles. The molecule has 0 aliphatic carbocycles. The highest BCUT2D eigenvalue weighted by molar-refractivity contribution is 6.23. The van der Waals surface area contributed by atoms with Crippen LogP contribution in [0.2, 0.25) is 0 Å². The second kappa shape index (κ2) is 8.90. The smallest absolute Gasteiger partial charge is 0.269 e. The number of benzene rings is 3. The summed E-state index contributed by atoms with van der Waals surface area (Å²) in [6, 6.07) is 15.4. The first kappa shape index (κ1) is 22.3. The highest BCUT2D eigenvalue weighted by atomic mass is 16.6. The van der Waals surface area contributed by atoms with Gasteiger partial charge in [-0.2, -0.15) is 0 Å². The van der Waals surface area contributed by atoms with Gasteiger partial charge in [-0.05, 0) is 29.8 Å². The summed E-state index contributed by atoms with van der Waals surface area (Å²) in [7, 11) is 0. The van der Waals surface area contributed by atoms with Gasteiger partial charge in [0.15, 0.2) is 0 Å². The molecule has 1 aliphatic rings. The van der Waals surface area contributed by atoms with E-state index in [1.807, 2.05) is 0 Å². The number of nitrogens with zero attached hydrogens (tertiary/aromatic N) is 3. The average Bonchev–Trinajstić information content (AvgIpc) is 3.08. The number of rotatable bonds is 7. The van der Waals surface area contributed by atoms with Crippen LogP contribution in [0.4, 0.5) is 17.1 Å². The number of hydrogen-bond donors (Lipinski definition) is 1. The molecule has 11 nitrogen and oxygen atoms in total. The highest BCUT2D eigenvalue weighted by Crippen LogP contribution is 2.27. The van der Waals surface area contributed by atoms with Gasteiger partial charge in [0, 0.05) is 36.4 Å². The summed E-state index contributed by atoms with van der Waals surface area (Å²) in [5.41, 5.74) is 0.762. The maximum atomic E-state index is 13.2. The number of hydrogen-bond acceptors (Lipinski definition) is 7. The number of imide groups is 1. The van der Waals surface area contributed by atoms with Crippen molar-refractivity contribution in [3.8, 4) is 0 Å². The Morgan fingerprint density at radius 1 is 0.794 bits per heavy atom. The number of amides is 3. The summed E-state index contributed by atoms with van der Waals surface area (Å²) in [5, 5.41) is 24.4. The van der Waals surface area contributed by atoms with Gasteiger partial charge in [0.2, 0.25) is 5.91 Å². The molecule has 0 spiro atoms. The zero-order chi connectivity index (χ0) is 24.4. The van der Waals surface area contributed by atoms with Crippen molar-refractivity contribution in [2.24, 2.45) is 0 Å². The first-order valence-electron chi connectivity index (χ1n) is 10.0. The van der Waals surface area contributed by atoms with Crippen molar-refractivity contribution in [3.05, 3.63) is 110 Å². The highest BCUT2D eigenvalue weighted by Gasteiger charge is 2.42. The van der Waals surface area contributed by atoms with Crippen molar-refractivity contribution in [2.45, 2.75) is 12.5 Å². The molecule has 1 heterocycles. The van der Waals surface area contributed by atoms with E-state index < -0.39 is 33.6 Å². The predicted molar refractivity (Wildman–Crippen MR) is 119 cm³/mol. The van der Waals surface area contributed by atoms with Gasteiger partial charge < -0.3 is 5.32 Å². The summed E-state index contributed by atoms with van der Waals surface area (Å²) in [5.74, 6) is -1.96. The lowest BCUT2D eigenvalue weighted by Crippen LogP contribution is -2.48. The predicted octanol–water partition coefficient (Wildman–Crippen LogP) is 3.35. The van der Waals surface area contributed by atoms with Crippen molar-refractivity contribution in [1.82, 2.24) is 4.90 Å². The molecule has 0 fully saturated rings. The fraction of sp³-hybridized carbons (Fsp3) is 0.0870. The Labute approximate surface area is 191 Å². The molecule has 1 unspecified atom stereocenters. The van der Waals surface area contributed by atoms with Gasteiger partial charge in [-0.25, -0.2) is 0 Å². The second-order valence-electron chi connectivity index (χ2n) is 7.46. The van der Waals surface area contributed by atoms with E-state index in [-0.39, 0.29) is 34.6 Å². The Morgan fingerprint density at radius 2 is 1.26 bits per heavy atom. The Morgan fingerprint density at radius 3 is 1.74 bits per heavy atom. The van der Waals surface area contributed by atoms with Crippen LogP contribution in [-0.2, 0) is 11.2 Å². The van der Waals surface area contributed by atoms with E-state index in [1.165, 1.54) is 60.7 Å². The van der Waals surface area contributed by atoms with Gasteiger partial charge in [-0.15, -0.1) is 0 Å². The number of non-ortho nitro benzene ring substituents is 2. The third-order valence-electron chi connectivity index (χ3n) is 5.36. The van der Waals surface area contributed by atoms with Crippen LogP contribution in [0.1, 0.15) is 26.3 Å². The number of fused-ring (bicyclic) bond motifs is 1. The van der Waals surface area contributed by atoms with Crippen molar-refractivity contribution < 1.29 is 24.2 Å². The lowest BCUT2D eigenvalue weighted by Gasteiger charge is -2.25. The minimum Gasteiger partial charge on any atom is -0.324 e. The molecule has 3 aromatic rings. The van der Waals surface area contributed by atoms with Crippen LogP contribution in [-0.4, -0.2) is 38.5 Å². The molecule has 1 N–H and O–H groups in total. The minimum absolute atomic E-state index is 0.0950. The first-order chi connectivity index (χ1) is 16.3. The molecule has 3 amide bonds. The number of nitro groups is 2. The minimum atomic E-state index is -1.27. The lowest BCUT2D eigenvalue weighted by atomic mass is 10.0. The fourth-order valence-corrected chi connectivity index (χ4v) is 3.66. The number of nitro benzene ring substituents is 2. The number of carbonyl (C=O) groups is 3. The molecule has 0 saturated carbocycles. The molecule has 3 aromatic carbocycles. The van der Waals surface area contributed by atoms with Gasteiger partial charge in [0.05, 0.1) is 21.0 Å². The van der Waals surface area contributed by atoms with Crippen molar-refractivity contribution >= 4 is 34.8 Å². The second-order valence-corrected chi connectivity index (χ2v) is 7.46. The molecule has 170 valence electrons. The SMILES string of the molecule is O=C(Nc1ccc([N+](=O)[O-])cc1)C(Cc1ccc([N+](=O)[O-])cc1)N1C(=O)c2ccccc2C1=O. The molecule has 4 rings (SSSR count). The maximum absolute atomic E-state index is 13.2. The summed E-state index contributed by atoms with van der Waals surface area (Å²) in [6.45, 7) is 0. The molecule has 0 radical (unpaired) electrons. The van der Waals surface area contributed by atoms with Crippen molar-refractivity contribution in [1.29, 1.82) is 0 Å². The molecule has 11 heteroatoms. The molecule has 0 bridgehead atoms. The molecule has 1 aliphatic heterocycles. The third-order valence-corrected chi connectivity index (χ3v) is 5.36. The summed E-state index contributed by atoms with van der Waals surface area (Å²) in [4.78, 5) is 60.8. The fourth-order valence-electron chi connectivity index (χ4n) is 3.66. The van der Waals surface area contributed by atoms with Crippen LogP contribution >= 0.6 is 0 Å². The molecule has 0 aromatic heterocycles. The molecular formula is C23H16N4O7. The Balaban J connectivity index is 1.65. The van der Waals surface area contributed by atoms with Crippen LogP contribution in [0.3, 0.4) is 0 Å². The van der Waals surface area contributed by atoms with E-state index in [2.05, 4.69) is 5.32 Å². The van der Waals surface area contributed by atoms with E-state index >= 15 is 0 Å². The Hall–Kier alpha value is -4.93. The number of nitrogens with one attached hydrogen (secondary N) is 1. The first-order valence-corrected chi connectivity index (χ1v) is 10.0. The quantitative estimate of drug-likeness (QED) is 0.322. The third kappa shape index (κ3) is 4.21. The van der Waals surface area contributed by atoms with E-state index in [0.717, 1.165) is 4.90 Å². The number of carbonyl (C=O) groups excluding carboxylic acids is 3. The molecule has 34 heavy (non-hydrogen) atoms. The molecule has 1 atom stereocenters. The summed E-state index contributed by atoms with van der Waals surface area (Å²) in [6.07, 6.45) is -0.0950. The number of anilines is 1. The average molecular weight is 460 g/mol. The monoisotopic (exact) mass is 460 g/mol. The van der Waals surface area contributed by atoms with Gasteiger partial charge >= 0.3 is 0 Å². The van der Waals surface area contributed by atoms with Gasteiger partial charge in [0.1, 0.15) is 6.04 Å². The van der Waals surface area contributed by atoms with Crippen molar-refractivity contribution in [3.63, 3.8) is 0 Å².